The molecule has 144 valence electrons. The van der Waals surface area contributed by atoms with Gasteiger partial charge in [0.05, 0.1) is 22.5 Å². The van der Waals surface area contributed by atoms with Crippen LogP contribution in [0.5, 0.6) is 0 Å². The Morgan fingerprint density at radius 2 is 2.00 bits per heavy atom. The standard InChI is InChI=1S/C20H19FN4O2S/c1-3-17(19(26)22-13-7-5-12(21)6-8-13)28-20-15-11-16-14(9-10-27-16)25(15)18(4-2)23-24-20/h5-11,17H,3-4H2,1-2H3,(H,22,26)/t17-/m0/s1. The number of nitrogens with zero attached hydrogens (tertiary/aromatic N) is 3. The van der Waals surface area contributed by atoms with Crippen molar-refractivity contribution in [2.45, 2.75) is 37.0 Å². The molecule has 0 unspecified atom stereocenters. The number of aromatic nitrogens is 3. The van der Waals surface area contributed by atoms with Gasteiger partial charge in [0.25, 0.3) is 0 Å². The molecule has 1 aromatic carbocycles. The van der Waals surface area contributed by atoms with Crippen molar-refractivity contribution in [3.63, 3.8) is 0 Å². The van der Waals surface area contributed by atoms with Crippen molar-refractivity contribution >= 4 is 40.0 Å². The molecule has 3 aromatic heterocycles. The molecule has 4 aromatic rings. The van der Waals surface area contributed by atoms with Crippen LogP contribution in [0.2, 0.25) is 0 Å². The molecule has 28 heavy (non-hydrogen) atoms. The third-order valence-electron chi connectivity index (χ3n) is 4.50. The maximum absolute atomic E-state index is 13.1. The van der Waals surface area contributed by atoms with Crippen LogP contribution < -0.4 is 5.32 Å². The summed E-state index contributed by atoms with van der Waals surface area (Å²) in [6.07, 6.45) is 2.98. The Hall–Kier alpha value is -2.87. The molecule has 1 amide bonds. The van der Waals surface area contributed by atoms with Crippen molar-refractivity contribution in [3.8, 4) is 0 Å². The number of nitrogens with one attached hydrogen (secondary N) is 1. The minimum atomic E-state index is -0.364. The van der Waals surface area contributed by atoms with Crippen LogP contribution in [0.3, 0.4) is 0 Å². The van der Waals surface area contributed by atoms with E-state index in [1.165, 1.54) is 23.9 Å². The van der Waals surface area contributed by atoms with Crippen molar-refractivity contribution in [2.24, 2.45) is 0 Å². The highest BCUT2D eigenvalue weighted by atomic mass is 32.2. The molecule has 0 fully saturated rings. The summed E-state index contributed by atoms with van der Waals surface area (Å²) in [7, 11) is 0. The van der Waals surface area contributed by atoms with Gasteiger partial charge >= 0.3 is 0 Å². The van der Waals surface area contributed by atoms with Crippen LogP contribution in [-0.4, -0.2) is 25.8 Å². The average molecular weight is 398 g/mol. The van der Waals surface area contributed by atoms with E-state index in [0.29, 0.717) is 17.1 Å². The summed E-state index contributed by atoms with van der Waals surface area (Å²) < 4.78 is 20.6. The fraction of sp³-hybridized carbons (Fsp3) is 0.250. The molecule has 8 heteroatoms. The molecule has 3 heterocycles. The fourth-order valence-electron chi connectivity index (χ4n) is 3.09. The van der Waals surface area contributed by atoms with Gasteiger partial charge in [0.15, 0.2) is 5.58 Å². The lowest BCUT2D eigenvalue weighted by molar-refractivity contribution is -0.115. The molecular weight excluding hydrogens is 379 g/mol. The molecule has 0 saturated carbocycles. The number of benzene rings is 1. The lowest BCUT2D eigenvalue weighted by Gasteiger charge is -2.15. The van der Waals surface area contributed by atoms with E-state index < -0.39 is 0 Å². The van der Waals surface area contributed by atoms with E-state index in [4.69, 9.17) is 4.42 Å². The number of carbonyl (C=O) groups excluding carboxylic acids is 1. The second-order valence-corrected chi connectivity index (χ2v) is 7.51. The lowest BCUT2D eigenvalue weighted by Crippen LogP contribution is -2.24. The minimum absolute atomic E-state index is 0.158. The third-order valence-corrected chi connectivity index (χ3v) is 5.85. The van der Waals surface area contributed by atoms with Crippen molar-refractivity contribution in [1.29, 1.82) is 0 Å². The first kappa shape index (κ1) is 18.5. The number of anilines is 1. The van der Waals surface area contributed by atoms with Gasteiger partial charge in [-0.25, -0.2) is 4.39 Å². The van der Waals surface area contributed by atoms with E-state index in [1.807, 2.05) is 30.4 Å². The summed E-state index contributed by atoms with van der Waals surface area (Å²) in [5.74, 6) is 0.332. The number of thioether (sulfide) groups is 1. The number of hydrogen-bond donors (Lipinski definition) is 1. The predicted molar refractivity (Wildman–Crippen MR) is 107 cm³/mol. The van der Waals surface area contributed by atoms with Crippen molar-refractivity contribution < 1.29 is 13.6 Å². The monoisotopic (exact) mass is 398 g/mol. The second kappa shape index (κ2) is 7.63. The summed E-state index contributed by atoms with van der Waals surface area (Å²) in [5, 5.41) is 11.8. The number of fused-ring (bicyclic) bond motifs is 3. The number of rotatable bonds is 6. The van der Waals surface area contributed by atoms with Gasteiger partial charge in [-0.05, 0) is 30.7 Å². The summed E-state index contributed by atoms with van der Waals surface area (Å²) in [6, 6.07) is 9.54. The molecule has 0 radical (unpaired) electrons. The molecule has 4 rings (SSSR count). The van der Waals surface area contributed by atoms with Gasteiger partial charge in [-0.3, -0.25) is 9.20 Å². The number of halogens is 1. The van der Waals surface area contributed by atoms with E-state index in [2.05, 4.69) is 15.5 Å². The summed E-state index contributed by atoms with van der Waals surface area (Å²) >= 11 is 1.36. The van der Waals surface area contributed by atoms with Crippen LogP contribution in [0.4, 0.5) is 10.1 Å². The van der Waals surface area contributed by atoms with Gasteiger partial charge < -0.3 is 9.73 Å². The third kappa shape index (κ3) is 3.35. The van der Waals surface area contributed by atoms with E-state index in [-0.39, 0.29) is 17.0 Å². The molecule has 6 nitrogen and oxygen atoms in total. The number of carbonyl (C=O) groups is 1. The van der Waals surface area contributed by atoms with Crippen molar-refractivity contribution in [1.82, 2.24) is 14.6 Å². The Labute approximate surface area is 165 Å². The van der Waals surface area contributed by atoms with Crippen LogP contribution in [0, 0.1) is 5.82 Å². The maximum atomic E-state index is 13.1. The number of furan rings is 1. The van der Waals surface area contributed by atoms with Crippen LogP contribution >= 0.6 is 11.8 Å². The van der Waals surface area contributed by atoms with Gasteiger partial charge in [0, 0.05) is 24.2 Å². The molecule has 0 bridgehead atoms. The summed E-state index contributed by atoms with van der Waals surface area (Å²) in [4.78, 5) is 12.7. The summed E-state index contributed by atoms with van der Waals surface area (Å²) in [6.45, 7) is 3.96. The number of aryl methyl sites for hydroxylation is 1. The number of amides is 1. The first-order chi connectivity index (χ1) is 13.6. The highest BCUT2D eigenvalue weighted by Gasteiger charge is 2.22. The smallest absolute Gasteiger partial charge is 0.237 e. The van der Waals surface area contributed by atoms with Crippen LogP contribution in [-0.2, 0) is 11.2 Å². The van der Waals surface area contributed by atoms with Crippen molar-refractivity contribution in [2.75, 3.05) is 5.32 Å². The normalized spacial score (nSPS) is 12.5. The highest BCUT2D eigenvalue weighted by molar-refractivity contribution is 8.00. The first-order valence-corrected chi connectivity index (χ1v) is 9.96. The minimum Gasteiger partial charge on any atom is -0.463 e. The van der Waals surface area contributed by atoms with E-state index >= 15 is 0 Å². The molecule has 1 atom stereocenters. The van der Waals surface area contributed by atoms with Gasteiger partial charge in [0.1, 0.15) is 16.7 Å². The Kier molecular flexibility index (Phi) is 5.04. The Bertz CT molecular complexity index is 1140. The maximum Gasteiger partial charge on any atom is 0.237 e. The van der Waals surface area contributed by atoms with E-state index in [9.17, 15) is 9.18 Å². The fourth-order valence-corrected chi connectivity index (χ4v) is 4.05. The van der Waals surface area contributed by atoms with Crippen LogP contribution in [0.15, 0.2) is 52.1 Å². The second-order valence-electron chi connectivity index (χ2n) is 6.32. The zero-order valence-electron chi connectivity index (χ0n) is 15.5. The SMILES string of the molecule is CCc1nnc(S[C@@H](CC)C(=O)Nc2ccc(F)cc2)c2cc3occc3n12. The zero-order valence-corrected chi connectivity index (χ0v) is 16.3. The molecule has 0 aliphatic carbocycles. The summed E-state index contributed by atoms with van der Waals surface area (Å²) in [5.41, 5.74) is 3.13. The van der Waals surface area contributed by atoms with Gasteiger partial charge in [-0.1, -0.05) is 25.6 Å². The molecule has 1 N–H and O–H groups in total. The molecular formula is C20H19FN4O2S. The molecule has 0 aliphatic heterocycles. The molecule has 0 aliphatic rings. The quantitative estimate of drug-likeness (QED) is 0.477. The Balaban J connectivity index is 1.63. The van der Waals surface area contributed by atoms with Gasteiger partial charge in [0.2, 0.25) is 5.91 Å². The molecule has 0 spiro atoms. The van der Waals surface area contributed by atoms with Crippen LogP contribution in [0.1, 0.15) is 26.1 Å². The van der Waals surface area contributed by atoms with Gasteiger partial charge in [-0.15, -0.1) is 10.2 Å². The first-order valence-electron chi connectivity index (χ1n) is 9.08. The van der Waals surface area contributed by atoms with Crippen molar-refractivity contribution in [3.05, 3.63) is 54.3 Å². The lowest BCUT2D eigenvalue weighted by atomic mass is 10.2. The van der Waals surface area contributed by atoms with E-state index in [0.717, 1.165) is 28.9 Å². The largest absolute Gasteiger partial charge is 0.463 e. The highest BCUT2D eigenvalue weighted by Crippen LogP contribution is 2.32. The number of hydrogen-bond acceptors (Lipinski definition) is 5. The van der Waals surface area contributed by atoms with Crippen LogP contribution in [0.25, 0.3) is 16.6 Å². The zero-order chi connectivity index (χ0) is 19.7. The Morgan fingerprint density at radius 1 is 1.21 bits per heavy atom. The van der Waals surface area contributed by atoms with Gasteiger partial charge in [-0.2, -0.15) is 0 Å². The Morgan fingerprint density at radius 3 is 2.71 bits per heavy atom. The van der Waals surface area contributed by atoms with E-state index in [1.54, 1.807) is 18.4 Å². The average Bonchev–Trinajstić information content (AvgIpc) is 3.29. The topological polar surface area (TPSA) is 72.4 Å². The predicted octanol–water partition coefficient (Wildman–Crippen LogP) is 4.69. The molecule has 0 saturated heterocycles.